The first-order valence-corrected chi connectivity index (χ1v) is 7.92. The average Bonchev–Trinajstić information content (AvgIpc) is 3.29. The van der Waals surface area contributed by atoms with Gasteiger partial charge in [0, 0.05) is 17.1 Å². The van der Waals surface area contributed by atoms with Crippen LogP contribution in [-0.2, 0) is 6.54 Å². The molecule has 0 amide bonds. The van der Waals surface area contributed by atoms with Gasteiger partial charge >= 0.3 is 0 Å². The molecule has 5 nitrogen and oxygen atoms in total. The molecule has 0 atom stereocenters. The first-order chi connectivity index (χ1) is 10.2. The fourth-order valence-electron chi connectivity index (χ4n) is 1.92. The van der Waals surface area contributed by atoms with E-state index >= 15 is 0 Å². The molecule has 2 rings (SSSR count). The second-order valence-corrected chi connectivity index (χ2v) is 5.77. The molecule has 0 saturated heterocycles. The summed E-state index contributed by atoms with van der Waals surface area (Å²) in [5, 5.41) is 6.66. The van der Waals surface area contributed by atoms with Crippen LogP contribution in [0.2, 0.25) is 0 Å². The highest BCUT2D eigenvalue weighted by atomic mass is 79.9. The van der Waals surface area contributed by atoms with Crippen LogP contribution in [0, 0.1) is 0 Å². The van der Waals surface area contributed by atoms with Crippen molar-refractivity contribution in [1.82, 2.24) is 10.6 Å². The lowest BCUT2D eigenvalue weighted by Crippen LogP contribution is -2.38. The van der Waals surface area contributed by atoms with E-state index in [9.17, 15) is 0 Å². The van der Waals surface area contributed by atoms with E-state index in [4.69, 9.17) is 9.47 Å². The molecule has 0 bridgehead atoms. The zero-order chi connectivity index (χ0) is 15.2. The molecular formula is C15H22BrN3O2. The van der Waals surface area contributed by atoms with Gasteiger partial charge in [0.2, 0.25) is 0 Å². The van der Waals surface area contributed by atoms with E-state index in [2.05, 4.69) is 38.5 Å². The predicted octanol–water partition coefficient (Wildman–Crippen LogP) is 2.68. The van der Waals surface area contributed by atoms with Gasteiger partial charge in [-0.1, -0.05) is 15.9 Å². The molecule has 0 heterocycles. The Balaban J connectivity index is 2.12. The molecule has 0 aromatic heterocycles. The number of halogens is 1. The van der Waals surface area contributed by atoms with Crippen molar-refractivity contribution in [2.75, 3.05) is 20.8 Å². The van der Waals surface area contributed by atoms with E-state index in [1.54, 1.807) is 14.2 Å². The summed E-state index contributed by atoms with van der Waals surface area (Å²) in [5.74, 6) is 2.29. The van der Waals surface area contributed by atoms with Crippen LogP contribution >= 0.6 is 15.9 Å². The summed E-state index contributed by atoms with van der Waals surface area (Å²) >= 11 is 3.56. The van der Waals surface area contributed by atoms with E-state index in [-0.39, 0.29) is 0 Å². The number of nitrogens with zero attached hydrogens (tertiary/aromatic N) is 1. The SMILES string of the molecule is CCNC(=NCc1cc(OC)c(OC)cc1Br)NC1CC1. The molecule has 1 aromatic carbocycles. The maximum Gasteiger partial charge on any atom is 0.191 e. The van der Waals surface area contributed by atoms with Gasteiger partial charge in [-0.25, -0.2) is 4.99 Å². The van der Waals surface area contributed by atoms with Crippen molar-refractivity contribution in [2.45, 2.75) is 32.4 Å². The second-order valence-electron chi connectivity index (χ2n) is 4.91. The minimum atomic E-state index is 0.572. The van der Waals surface area contributed by atoms with Crippen LogP contribution in [0.1, 0.15) is 25.3 Å². The van der Waals surface area contributed by atoms with E-state index in [1.807, 2.05) is 12.1 Å². The van der Waals surface area contributed by atoms with E-state index in [0.29, 0.717) is 24.1 Å². The normalized spacial score (nSPS) is 14.8. The quantitative estimate of drug-likeness (QED) is 0.608. The molecule has 1 aliphatic carbocycles. The van der Waals surface area contributed by atoms with Gasteiger partial charge in [0.05, 0.1) is 20.8 Å². The highest BCUT2D eigenvalue weighted by molar-refractivity contribution is 9.10. The van der Waals surface area contributed by atoms with Crippen molar-refractivity contribution in [3.63, 3.8) is 0 Å². The standard InChI is InChI=1S/C15H22BrN3O2/c1-4-17-15(19-11-5-6-11)18-9-10-7-13(20-2)14(21-3)8-12(10)16/h7-8,11H,4-6,9H2,1-3H3,(H2,17,18,19). The van der Waals surface area contributed by atoms with Crippen LogP contribution in [0.25, 0.3) is 0 Å². The molecule has 0 aliphatic heterocycles. The number of guanidine groups is 1. The van der Waals surface area contributed by atoms with Crippen molar-refractivity contribution in [1.29, 1.82) is 0 Å². The molecule has 1 aliphatic rings. The van der Waals surface area contributed by atoms with Crippen LogP contribution in [-0.4, -0.2) is 32.8 Å². The van der Waals surface area contributed by atoms with Crippen LogP contribution in [0.4, 0.5) is 0 Å². The Hall–Kier alpha value is -1.43. The average molecular weight is 356 g/mol. The van der Waals surface area contributed by atoms with Gasteiger partial charge in [0.15, 0.2) is 17.5 Å². The summed E-state index contributed by atoms with van der Waals surface area (Å²) in [7, 11) is 3.27. The Kier molecular flexibility index (Phi) is 5.73. The largest absolute Gasteiger partial charge is 0.493 e. The van der Waals surface area contributed by atoms with E-state index in [0.717, 1.165) is 22.5 Å². The molecule has 2 N–H and O–H groups in total. The summed E-state index contributed by atoms with van der Waals surface area (Å²) in [6, 6.07) is 4.44. The van der Waals surface area contributed by atoms with Gasteiger partial charge in [0.25, 0.3) is 0 Å². The Morgan fingerprint density at radius 1 is 1.29 bits per heavy atom. The van der Waals surface area contributed by atoms with Crippen molar-refractivity contribution in [2.24, 2.45) is 4.99 Å². The molecule has 6 heteroatoms. The predicted molar refractivity (Wildman–Crippen MR) is 88.2 cm³/mol. The fourth-order valence-corrected chi connectivity index (χ4v) is 2.37. The first kappa shape index (κ1) is 15.9. The lowest BCUT2D eigenvalue weighted by Gasteiger charge is -2.13. The van der Waals surface area contributed by atoms with Gasteiger partial charge < -0.3 is 20.1 Å². The fraction of sp³-hybridized carbons (Fsp3) is 0.533. The molecular weight excluding hydrogens is 334 g/mol. The molecule has 0 radical (unpaired) electrons. The number of benzene rings is 1. The number of rotatable bonds is 6. The molecule has 1 saturated carbocycles. The Morgan fingerprint density at radius 3 is 2.52 bits per heavy atom. The summed E-state index contributed by atoms with van der Waals surface area (Å²) in [5.41, 5.74) is 1.06. The minimum Gasteiger partial charge on any atom is -0.493 e. The molecule has 21 heavy (non-hydrogen) atoms. The maximum atomic E-state index is 5.34. The third-order valence-corrected chi connectivity index (χ3v) is 3.96. The number of aliphatic imine (C=N–C) groups is 1. The van der Waals surface area contributed by atoms with Crippen LogP contribution < -0.4 is 20.1 Å². The third kappa shape index (κ3) is 4.52. The number of hydrogen-bond acceptors (Lipinski definition) is 3. The molecule has 116 valence electrons. The van der Waals surface area contributed by atoms with Gasteiger partial charge in [-0.2, -0.15) is 0 Å². The third-order valence-electron chi connectivity index (χ3n) is 3.22. The zero-order valence-electron chi connectivity index (χ0n) is 12.7. The maximum absolute atomic E-state index is 5.34. The molecule has 0 unspecified atom stereocenters. The van der Waals surface area contributed by atoms with Crippen molar-refractivity contribution in [3.8, 4) is 11.5 Å². The van der Waals surface area contributed by atoms with E-state index in [1.165, 1.54) is 12.8 Å². The molecule has 0 spiro atoms. The number of methoxy groups -OCH3 is 2. The summed E-state index contributed by atoms with van der Waals surface area (Å²) in [6.45, 7) is 3.49. The van der Waals surface area contributed by atoms with Crippen LogP contribution in [0.15, 0.2) is 21.6 Å². The summed E-state index contributed by atoms with van der Waals surface area (Å²) < 4.78 is 11.6. The Morgan fingerprint density at radius 2 is 1.95 bits per heavy atom. The van der Waals surface area contributed by atoms with Crippen LogP contribution in [0.5, 0.6) is 11.5 Å². The minimum absolute atomic E-state index is 0.572. The van der Waals surface area contributed by atoms with Gasteiger partial charge in [-0.05, 0) is 37.5 Å². The summed E-state index contributed by atoms with van der Waals surface area (Å²) in [4.78, 5) is 4.62. The Labute approximate surface area is 134 Å². The first-order valence-electron chi connectivity index (χ1n) is 7.13. The highest BCUT2D eigenvalue weighted by Gasteiger charge is 2.22. The second kappa shape index (κ2) is 7.54. The lowest BCUT2D eigenvalue weighted by atomic mass is 10.2. The Bertz CT molecular complexity index is 516. The highest BCUT2D eigenvalue weighted by Crippen LogP contribution is 2.33. The van der Waals surface area contributed by atoms with Crippen molar-refractivity contribution < 1.29 is 9.47 Å². The van der Waals surface area contributed by atoms with Crippen LogP contribution in [0.3, 0.4) is 0 Å². The van der Waals surface area contributed by atoms with Crippen molar-refractivity contribution in [3.05, 3.63) is 22.2 Å². The molecule has 1 fully saturated rings. The topological polar surface area (TPSA) is 54.9 Å². The van der Waals surface area contributed by atoms with Gasteiger partial charge in [0.1, 0.15) is 0 Å². The van der Waals surface area contributed by atoms with Gasteiger partial charge in [-0.3, -0.25) is 0 Å². The number of hydrogen-bond donors (Lipinski definition) is 2. The zero-order valence-corrected chi connectivity index (χ0v) is 14.3. The number of ether oxygens (including phenoxy) is 2. The molecule has 1 aromatic rings. The smallest absolute Gasteiger partial charge is 0.191 e. The monoisotopic (exact) mass is 355 g/mol. The lowest BCUT2D eigenvalue weighted by molar-refractivity contribution is 0.354. The van der Waals surface area contributed by atoms with Crippen molar-refractivity contribution >= 4 is 21.9 Å². The summed E-state index contributed by atoms with van der Waals surface area (Å²) in [6.07, 6.45) is 2.45. The van der Waals surface area contributed by atoms with Gasteiger partial charge in [-0.15, -0.1) is 0 Å². The van der Waals surface area contributed by atoms with E-state index < -0.39 is 0 Å². The number of nitrogens with one attached hydrogen (secondary N) is 2.